The van der Waals surface area contributed by atoms with E-state index in [4.69, 9.17) is 0 Å². The Labute approximate surface area is 192 Å². The lowest BCUT2D eigenvalue weighted by atomic mass is 9.47. The molecule has 29 heavy (non-hydrogen) atoms. The number of amides is 2. The highest BCUT2D eigenvalue weighted by molar-refractivity contribution is 9.25. The zero-order valence-electron chi connectivity index (χ0n) is 18.4. The fourth-order valence-corrected chi connectivity index (χ4v) is 9.09. The number of hydrogen-bond acceptors (Lipinski definition) is 2. The molecular formula is C23H36Br2N2O2. The summed E-state index contributed by atoms with van der Waals surface area (Å²) in [6.45, 7) is 11.0. The summed E-state index contributed by atoms with van der Waals surface area (Å²) in [5, 5.41) is 6.57. The summed E-state index contributed by atoms with van der Waals surface area (Å²) < 4.78 is -0.654. The van der Waals surface area contributed by atoms with Crippen LogP contribution in [0.4, 0.5) is 0 Å². The van der Waals surface area contributed by atoms with Gasteiger partial charge in [0, 0.05) is 17.5 Å². The van der Waals surface area contributed by atoms with E-state index >= 15 is 0 Å². The second-order valence-electron chi connectivity index (χ2n) is 11.8. The van der Waals surface area contributed by atoms with Crippen LogP contribution in [-0.4, -0.2) is 26.6 Å². The quantitative estimate of drug-likeness (QED) is 0.460. The van der Waals surface area contributed by atoms with Crippen LogP contribution in [0.15, 0.2) is 0 Å². The minimum absolute atomic E-state index is 0.0684. The maximum Gasteiger partial charge on any atom is 0.247 e. The number of fused-ring (bicyclic) bond motifs is 5. The second kappa shape index (κ2) is 6.95. The Hall–Kier alpha value is -0.100. The van der Waals surface area contributed by atoms with Crippen LogP contribution in [0, 0.1) is 34.5 Å². The van der Waals surface area contributed by atoms with E-state index in [-0.39, 0.29) is 40.1 Å². The van der Waals surface area contributed by atoms with Gasteiger partial charge in [-0.15, -0.1) is 0 Å². The van der Waals surface area contributed by atoms with Crippen LogP contribution in [0.2, 0.25) is 0 Å². The Morgan fingerprint density at radius 3 is 2.34 bits per heavy atom. The summed E-state index contributed by atoms with van der Waals surface area (Å²) >= 11 is 7.29. The van der Waals surface area contributed by atoms with Gasteiger partial charge in [0.2, 0.25) is 11.8 Å². The summed E-state index contributed by atoms with van der Waals surface area (Å²) in [5.41, 5.74) is 0.0259. The molecule has 164 valence electrons. The third kappa shape index (κ3) is 3.52. The Morgan fingerprint density at radius 2 is 1.69 bits per heavy atom. The minimum Gasteiger partial charge on any atom is -0.351 e. The Kier molecular flexibility index (Phi) is 5.30. The molecule has 0 aromatic carbocycles. The van der Waals surface area contributed by atoms with Crippen LogP contribution in [0.1, 0.15) is 79.6 Å². The van der Waals surface area contributed by atoms with E-state index in [1.807, 2.05) is 0 Å². The Bertz CT molecular complexity index is 718. The molecule has 1 saturated heterocycles. The molecule has 0 bridgehead atoms. The summed E-state index contributed by atoms with van der Waals surface area (Å²) in [6, 6.07) is 0.269. The maximum atomic E-state index is 13.1. The van der Waals surface area contributed by atoms with Crippen LogP contribution in [0.3, 0.4) is 0 Å². The first-order valence-corrected chi connectivity index (χ1v) is 12.9. The van der Waals surface area contributed by atoms with Gasteiger partial charge < -0.3 is 10.6 Å². The third-order valence-electron chi connectivity index (χ3n) is 8.92. The van der Waals surface area contributed by atoms with Crippen molar-refractivity contribution in [3.8, 4) is 0 Å². The maximum absolute atomic E-state index is 13.1. The molecule has 3 aliphatic carbocycles. The van der Waals surface area contributed by atoms with Crippen molar-refractivity contribution in [3.63, 3.8) is 0 Å². The fourth-order valence-electron chi connectivity index (χ4n) is 7.66. The predicted octanol–water partition coefficient (Wildman–Crippen LogP) is 5.13. The lowest BCUT2D eigenvalue weighted by Crippen LogP contribution is -2.65. The highest BCUT2D eigenvalue weighted by Gasteiger charge is 2.63. The van der Waals surface area contributed by atoms with Gasteiger partial charge in [-0.25, -0.2) is 0 Å². The molecule has 4 nitrogen and oxygen atoms in total. The molecule has 2 N–H and O–H groups in total. The van der Waals surface area contributed by atoms with E-state index in [0.29, 0.717) is 17.8 Å². The molecule has 1 aliphatic heterocycles. The van der Waals surface area contributed by atoms with Crippen molar-refractivity contribution < 1.29 is 9.59 Å². The first-order chi connectivity index (χ1) is 13.3. The molecule has 0 unspecified atom stereocenters. The van der Waals surface area contributed by atoms with Crippen molar-refractivity contribution in [2.75, 3.05) is 0 Å². The third-order valence-corrected chi connectivity index (χ3v) is 10.2. The number of hydrogen-bond donors (Lipinski definition) is 2. The standard InChI is InChI=1S/C23H36Br2N2O2/c1-20(2,3)27-18(28)16-8-7-14-13-6-9-17-22(5,12-23(24,25)19(29)26-17)15(13)10-11-21(14,16)4/h13-17H,6-12H2,1-5H3,(H,26,29)(H,27,28)/t13-,14-,15-,16+,17+,21-,22+/m0/s1. The molecule has 6 heteroatoms. The molecule has 4 rings (SSSR count). The summed E-state index contributed by atoms with van der Waals surface area (Å²) in [7, 11) is 0. The lowest BCUT2D eigenvalue weighted by molar-refractivity contribution is -0.142. The number of carbonyl (C=O) groups is 2. The van der Waals surface area contributed by atoms with Gasteiger partial charge in [0.25, 0.3) is 0 Å². The highest BCUT2D eigenvalue weighted by atomic mass is 79.9. The predicted molar refractivity (Wildman–Crippen MR) is 123 cm³/mol. The van der Waals surface area contributed by atoms with Crippen LogP contribution < -0.4 is 10.6 Å². The van der Waals surface area contributed by atoms with Crippen molar-refractivity contribution >= 4 is 43.7 Å². The molecule has 3 saturated carbocycles. The van der Waals surface area contributed by atoms with E-state index in [0.717, 1.165) is 32.1 Å². The van der Waals surface area contributed by atoms with E-state index in [1.165, 1.54) is 12.8 Å². The summed E-state index contributed by atoms with van der Waals surface area (Å²) in [4.78, 5) is 25.6. The fraction of sp³-hybridized carbons (Fsp3) is 0.913. The number of alkyl halides is 2. The molecule has 1 heterocycles. The van der Waals surface area contributed by atoms with Gasteiger partial charge in [0.1, 0.15) is 0 Å². The average molecular weight is 532 g/mol. The van der Waals surface area contributed by atoms with Crippen molar-refractivity contribution in [1.29, 1.82) is 0 Å². The number of carbonyl (C=O) groups excluding carboxylic acids is 2. The first kappa shape index (κ1) is 22.1. The van der Waals surface area contributed by atoms with Gasteiger partial charge >= 0.3 is 0 Å². The van der Waals surface area contributed by atoms with E-state index in [9.17, 15) is 9.59 Å². The van der Waals surface area contributed by atoms with Gasteiger partial charge in [-0.1, -0.05) is 45.7 Å². The van der Waals surface area contributed by atoms with Gasteiger partial charge in [-0.3, -0.25) is 9.59 Å². The van der Waals surface area contributed by atoms with Gasteiger partial charge in [-0.05, 0) is 94.3 Å². The SMILES string of the molecule is CC(C)(C)NC(=O)[C@H]1CC[C@H]2[C@@H]3CC[C@H]4NC(=O)C(Br)(Br)C[C@]4(C)[C@H]3CC[C@]12C. The van der Waals surface area contributed by atoms with E-state index < -0.39 is 3.23 Å². The topological polar surface area (TPSA) is 58.2 Å². The Balaban J connectivity index is 1.58. The van der Waals surface area contributed by atoms with Gasteiger partial charge in [-0.2, -0.15) is 0 Å². The molecule has 0 aromatic rings. The molecule has 0 radical (unpaired) electrons. The second-order valence-corrected chi connectivity index (χ2v) is 15.6. The molecule has 0 aromatic heterocycles. The van der Waals surface area contributed by atoms with Crippen molar-refractivity contribution in [2.45, 2.75) is 94.4 Å². The molecule has 4 aliphatic rings. The highest BCUT2D eigenvalue weighted by Crippen LogP contribution is 2.66. The van der Waals surface area contributed by atoms with Crippen molar-refractivity contribution in [1.82, 2.24) is 10.6 Å². The zero-order chi connectivity index (χ0) is 21.4. The first-order valence-electron chi connectivity index (χ1n) is 11.3. The molecule has 0 spiro atoms. The van der Waals surface area contributed by atoms with Crippen LogP contribution in [-0.2, 0) is 9.59 Å². The van der Waals surface area contributed by atoms with Crippen molar-refractivity contribution in [2.24, 2.45) is 34.5 Å². The monoisotopic (exact) mass is 530 g/mol. The number of halogens is 2. The van der Waals surface area contributed by atoms with Crippen LogP contribution in [0.25, 0.3) is 0 Å². The molecule has 2 amide bonds. The minimum atomic E-state index is -0.654. The molecule has 7 atom stereocenters. The average Bonchev–Trinajstić information content (AvgIpc) is 2.91. The molecular weight excluding hydrogens is 496 g/mol. The summed E-state index contributed by atoms with van der Waals surface area (Å²) in [6.07, 6.45) is 7.53. The smallest absolute Gasteiger partial charge is 0.247 e. The van der Waals surface area contributed by atoms with E-state index in [1.54, 1.807) is 0 Å². The van der Waals surface area contributed by atoms with Crippen LogP contribution in [0.5, 0.6) is 0 Å². The van der Waals surface area contributed by atoms with Crippen LogP contribution >= 0.6 is 31.9 Å². The van der Waals surface area contributed by atoms with Gasteiger partial charge in [0.05, 0.1) is 0 Å². The number of nitrogens with one attached hydrogen (secondary N) is 2. The normalized spacial score (nSPS) is 46.2. The largest absolute Gasteiger partial charge is 0.351 e. The van der Waals surface area contributed by atoms with Gasteiger partial charge in [0.15, 0.2) is 3.23 Å². The van der Waals surface area contributed by atoms with Crippen molar-refractivity contribution in [3.05, 3.63) is 0 Å². The zero-order valence-corrected chi connectivity index (χ0v) is 21.6. The number of piperidine rings is 1. The lowest BCUT2D eigenvalue weighted by Gasteiger charge is -2.61. The Morgan fingerprint density at radius 1 is 1.03 bits per heavy atom. The summed E-state index contributed by atoms with van der Waals surface area (Å²) in [5.74, 6) is 2.35. The number of rotatable bonds is 1. The van der Waals surface area contributed by atoms with E-state index in [2.05, 4.69) is 77.1 Å². The molecule has 4 fully saturated rings.